The van der Waals surface area contributed by atoms with E-state index in [0.29, 0.717) is 31.7 Å². The summed E-state index contributed by atoms with van der Waals surface area (Å²) in [6.07, 6.45) is -2.85. The third kappa shape index (κ3) is 5.35. The number of nitrogens with zero attached hydrogens (tertiary/aromatic N) is 2. The molecule has 3 rings (SSSR count). The van der Waals surface area contributed by atoms with Crippen LogP contribution in [0.15, 0.2) is 24.3 Å². The summed E-state index contributed by atoms with van der Waals surface area (Å²) in [6.45, 7) is 2.70. The number of amides is 2. The lowest BCUT2D eigenvalue weighted by Crippen LogP contribution is -2.57. The first-order valence-electron chi connectivity index (χ1n) is 8.78. The van der Waals surface area contributed by atoms with Crippen molar-refractivity contribution in [3.63, 3.8) is 0 Å². The van der Waals surface area contributed by atoms with Crippen molar-refractivity contribution >= 4 is 24.2 Å². The van der Waals surface area contributed by atoms with Gasteiger partial charge in [0.2, 0.25) is 11.8 Å². The molecule has 2 aliphatic heterocycles. The molecule has 2 amide bonds. The first-order chi connectivity index (χ1) is 12.3. The van der Waals surface area contributed by atoms with Crippen LogP contribution in [0.1, 0.15) is 24.0 Å². The Balaban J connectivity index is 0.00000261. The first kappa shape index (κ1) is 21.5. The number of hydrogen-bond acceptors (Lipinski definition) is 3. The van der Waals surface area contributed by atoms with Crippen LogP contribution in [0.25, 0.3) is 0 Å². The van der Waals surface area contributed by atoms with Gasteiger partial charge < -0.3 is 15.1 Å². The van der Waals surface area contributed by atoms with Crippen LogP contribution in [0, 0.1) is 0 Å². The predicted octanol–water partition coefficient (Wildman–Crippen LogP) is 2.09. The van der Waals surface area contributed by atoms with Crippen LogP contribution >= 0.6 is 12.4 Å². The third-order valence-electron chi connectivity index (χ3n) is 4.93. The van der Waals surface area contributed by atoms with Crippen molar-refractivity contribution in [3.8, 4) is 0 Å². The maximum Gasteiger partial charge on any atom is 0.416 e. The molecule has 0 radical (unpaired) electrons. The summed E-state index contributed by atoms with van der Waals surface area (Å²) in [5.41, 5.74) is -0.393. The number of likely N-dealkylation sites (tertiary alicyclic amines) is 1. The molecule has 5 nitrogen and oxygen atoms in total. The van der Waals surface area contributed by atoms with Crippen LogP contribution < -0.4 is 5.32 Å². The third-order valence-corrected chi connectivity index (χ3v) is 4.93. The van der Waals surface area contributed by atoms with Crippen LogP contribution in [-0.2, 0) is 22.2 Å². The number of halogens is 4. The van der Waals surface area contributed by atoms with Crippen molar-refractivity contribution in [3.05, 3.63) is 35.4 Å². The molecule has 27 heavy (non-hydrogen) atoms. The SMILES string of the molecule is Cl.O=C(Cc1cccc(C(F)(F)F)c1)N1CCCC(N2CCNCC2=O)C1. The predicted molar refractivity (Wildman–Crippen MR) is 96.6 cm³/mol. The largest absolute Gasteiger partial charge is 0.416 e. The molecule has 2 saturated heterocycles. The standard InChI is InChI=1S/C18H22F3N3O2.ClH/c19-18(20,21)14-4-1-3-13(9-14)10-16(25)23-7-2-5-15(12-23)24-8-6-22-11-17(24)26;/h1,3-4,9,15,22H,2,5-8,10-12H2;1H. The van der Waals surface area contributed by atoms with Gasteiger partial charge in [-0.15, -0.1) is 12.4 Å². The average Bonchev–Trinajstić information content (AvgIpc) is 2.62. The van der Waals surface area contributed by atoms with E-state index in [1.54, 1.807) is 4.90 Å². The second-order valence-electron chi connectivity index (χ2n) is 6.77. The Hall–Kier alpha value is -1.80. The number of alkyl halides is 3. The highest BCUT2D eigenvalue weighted by molar-refractivity contribution is 5.85. The zero-order valence-corrected chi connectivity index (χ0v) is 15.6. The Labute approximate surface area is 162 Å². The fraction of sp³-hybridized carbons (Fsp3) is 0.556. The van der Waals surface area contributed by atoms with Crippen LogP contribution in [0.3, 0.4) is 0 Å². The van der Waals surface area contributed by atoms with E-state index >= 15 is 0 Å². The Kier molecular flexibility index (Phi) is 7.11. The minimum atomic E-state index is -4.42. The molecule has 0 saturated carbocycles. The van der Waals surface area contributed by atoms with Gasteiger partial charge in [0, 0.05) is 32.2 Å². The zero-order chi connectivity index (χ0) is 18.7. The van der Waals surface area contributed by atoms with Crippen molar-refractivity contribution in [2.24, 2.45) is 0 Å². The summed E-state index contributed by atoms with van der Waals surface area (Å²) < 4.78 is 38.4. The van der Waals surface area contributed by atoms with Gasteiger partial charge >= 0.3 is 6.18 Å². The Morgan fingerprint density at radius 1 is 1.26 bits per heavy atom. The van der Waals surface area contributed by atoms with Crippen LogP contribution in [0.5, 0.6) is 0 Å². The van der Waals surface area contributed by atoms with E-state index in [9.17, 15) is 22.8 Å². The molecule has 2 fully saturated rings. The Morgan fingerprint density at radius 2 is 2.04 bits per heavy atom. The minimum Gasteiger partial charge on any atom is -0.340 e. The van der Waals surface area contributed by atoms with Crippen LogP contribution in [0.4, 0.5) is 13.2 Å². The molecule has 1 unspecified atom stereocenters. The molecule has 1 atom stereocenters. The number of benzene rings is 1. The monoisotopic (exact) mass is 405 g/mol. The van der Waals surface area contributed by atoms with Gasteiger partial charge in [0.25, 0.3) is 0 Å². The van der Waals surface area contributed by atoms with Gasteiger partial charge in [-0.1, -0.05) is 18.2 Å². The van der Waals surface area contributed by atoms with E-state index < -0.39 is 11.7 Å². The zero-order valence-electron chi connectivity index (χ0n) is 14.8. The molecule has 1 aromatic carbocycles. The second-order valence-corrected chi connectivity index (χ2v) is 6.77. The number of hydrogen-bond donors (Lipinski definition) is 1. The molecule has 1 aromatic rings. The summed E-state index contributed by atoms with van der Waals surface area (Å²) in [5.74, 6) is -0.162. The lowest BCUT2D eigenvalue weighted by Gasteiger charge is -2.41. The highest BCUT2D eigenvalue weighted by Crippen LogP contribution is 2.29. The molecule has 9 heteroatoms. The van der Waals surface area contributed by atoms with E-state index in [1.807, 2.05) is 4.90 Å². The molecular weight excluding hydrogens is 383 g/mol. The van der Waals surface area contributed by atoms with Gasteiger partial charge in [-0.05, 0) is 24.5 Å². The average molecular weight is 406 g/mol. The highest BCUT2D eigenvalue weighted by Gasteiger charge is 2.32. The van der Waals surface area contributed by atoms with Gasteiger partial charge in [-0.25, -0.2) is 0 Å². The second kappa shape index (κ2) is 8.93. The smallest absolute Gasteiger partial charge is 0.340 e. The molecule has 1 N–H and O–H groups in total. The lowest BCUT2D eigenvalue weighted by atomic mass is 10.0. The fourth-order valence-electron chi connectivity index (χ4n) is 3.59. The van der Waals surface area contributed by atoms with Crippen molar-refractivity contribution in [1.82, 2.24) is 15.1 Å². The molecule has 2 aliphatic rings. The first-order valence-corrected chi connectivity index (χ1v) is 8.78. The molecular formula is C18H23ClF3N3O2. The summed E-state index contributed by atoms with van der Waals surface area (Å²) in [4.78, 5) is 28.1. The van der Waals surface area contributed by atoms with E-state index in [-0.39, 0.29) is 36.7 Å². The summed E-state index contributed by atoms with van der Waals surface area (Å²) >= 11 is 0. The molecule has 0 aromatic heterocycles. The van der Waals surface area contributed by atoms with Crippen molar-refractivity contribution in [1.29, 1.82) is 0 Å². The van der Waals surface area contributed by atoms with E-state index in [0.717, 1.165) is 31.5 Å². The number of piperazine rings is 1. The lowest BCUT2D eigenvalue weighted by molar-refractivity contribution is -0.140. The number of carbonyl (C=O) groups excluding carboxylic acids is 2. The molecule has 0 aliphatic carbocycles. The molecule has 2 heterocycles. The summed E-state index contributed by atoms with van der Waals surface area (Å²) in [7, 11) is 0. The van der Waals surface area contributed by atoms with Crippen molar-refractivity contribution in [2.45, 2.75) is 31.5 Å². The highest BCUT2D eigenvalue weighted by atomic mass is 35.5. The number of piperidine rings is 1. The maximum absolute atomic E-state index is 12.8. The fourth-order valence-corrected chi connectivity index (χ4v) is 3.59. The van der Waals surface area contributed by atoms with Gasteiger partial charge in [0.15, 0.2) is 0 Å². The normalized spacial score (nSPS) is 21.0. The Bertz CT molecular complexity index is 684. The number of rotatable bonds is 3. The molecule has 0 bridgehead atoms. The quantitative estimate of drug-likeness (QED) is 0.837. The van der Waals surface area contributed by atoms with Gasteiger partial charge in [0.1, 0.15) is 0 Å². The van der Waals surface area contributed by atoms with Crippen LogP contribution in [-0.4, -0.2) is 60.4 Å². The van der Waals surface area contributed by atoms with E-state index in [2.05, 4.69) is 5.32 Å². The molecule has 150 valence electrons. The van der Waals surface area contributed by atoms with Crippen LogP contribution in [0.2, 0.25) is 0 Å². The summed E-state index contributed by atoms with van der Waals surface area (Å²) in [6, 6.07) is 4.88. The van der Waals surface area contributed by atoms with E-state index in [1.165, 1.54) is 12.1 Å². The van der Waals surface area contributed by atoms with Gasteiger partial charge in [-0.3, -0.25) is 9.59 Å². The topological polar surface area (TPSA) is 52.7 Å². The van der Waals surface area contributed by atoms with E-state index in [4.69, 9.17) is 0 Å². The number of nitrogens with one attached hydrogen (secondary N) is 1. The number of carbonyl (C=O) groups is 2. The van der Waals surface area contributed by atoms with Crippen molar-refractivity contribution in [2.75, 3.05) is 32.7 Å². The van der Waals surface area contributed by atoms with Gasteiger partial charge in [0.05, 0.1) is 18.5 Å². The minimum absolute atomic E-state index is 0. The van der Waals surface area contributed by atoms with Gasteiger partial charge in [-0.2, -0.15) is 13.2 Å². The Morgan fingerprint density at radius 3 is 2.74 bits per heavy atom. The molecule has 0 spiro atoms. The maximum atomic E-state index is 12.8. The van der Waals surface area contributed by atoms with Crippen molar-refractivity contribution < 1.29 is 22.8 Å². The summed E-state index contributed by atoms with van der Waals surface area (Å²) in [5, 5.41) is 3.02.